The Balaban J connectivity index is 1.70. The summed E-state index contributed by atoms with van der Waals surface area (Å²) < 4.78 is 0. The highest BCUT2D eigenvalue weighted by Gasteiger charge is 2.80. The maximum atomic E-state index is 10.6. The summed E-state index contributed by atoms with van der Waals surface area (Å²) in [4.78, 5) is 10.6. The van der Waals surface area contributed by atoms with Crippen molar-refractivity contribution in [2.24, 2.45) is 28.6 Å². The molecule has 0 spiro atoms. The van der Waals surface area contributed by atoms with Crippen LogP contribution < -0.4 is 0 Å². The standard InChI is InChI=1S/C15H22O/c1-10(9-16)5-4-6-14(2)11-7-12-13(8-11)15(12,14)3/h5,9,11-13H,4,6-8H2,1-3H3. The van der Waals surface area contributed by atoms with E-state index in [0.29, 0.717) is 10.8 Å². The van der Waals surface area contributed by atoms with Crippen LogP contribution in [-0.2, 0) is 4.79 Å². The van der Waals surface area contributed by atoms with E-state index in [1.54, 1.807) is 0 Å². The molecule has 0 aliphatic heterocycles. The van der Waals surface area contributed by atoms with E-state index in [2.05, 4.69) is 19.9 Å². The summed E-state index contributed by atoms with van der Waals surface area (Å²) in [5.41, 5.74) is 2.13. The Labute approximate surface area is 98.3 Å². The minimum atomic E-state index is 0.571. The predicted octanol–water partition coefficient (Wildman–Crippen LogP) is 3.59. The third kappa shape index (κ3) is 1.00. The largest absolute Gasteiger partial charge is 0.298 e. The molecule has 0 aromatic rings. The van der Waals surface area contributed by atoms with E-state index >= 15 is 0 Å². The van der Waals surface area contributed by atoms with Crippen molar-refractivity contribution in [3.63, 3.8) is 0 Å². The molecule has 0 aromatic heterocycles. The maximum Gasteiger partial charge on any atom is 0.145 e. The van der Waals surface area contributed by atoms with Gasteiger partial charge in [0.15, 0.2) is 0 Å². The third-order valence-electron chi connectivity index (χ3n) is 6.44. The first kappa shape index (κ1) is 10.6. The molecule has 1 nitrogen and oxygen atoms in total. The highest BCUT2D eigenvalue weighted by Crippen LogP contribution is 2.87. The molecule has 4 saturated carbocycles. The van der Waals surface area contributed by atoms with Crippen LogP contribution in [-0.4, -0.2) is 6.29 Å². The van der Waals surface area contributed by atoms with Gasteiger partial charge in [-0.1, -0.05) is 19.9 Å². The molecule has 0 saturated heterocycles. The van der Waals surface area contributed by atoms with E-state index in [9.17, 15) is 4.79 Å². The topological polar surface area (TPSA) is 17.1 Å². The SMILES string of the molecule is CC(C=O)=CCCC1(C)C2CC3C(C2)C31C. The Morgan fingerprint density at radius 2 is 1.94 bits per heavy atom. The molecule has 4 rings (SSSR count). The summed E-state index contributed by atoms with van der Waals surface area (Å²) in [6.07, 6.45) is 8.45. The van der Waals surface area contributed by atoms with E-state index in [1.807, 2.05) is 6.92 Å². The van der Waals surface area contributed by atoms with E-state index < -0.39 is 0 Å². The van der Waals surface area contributed by atoms with Gasteiger partial charge in [0.2, 0.25) is 0 Å². The summed E-state index contributed by atoms with van der Waals surface area (Å²) in [7, 11) is 0. The molecule has 0 heterocycles. The zero-order valence-electron chi connectivity index (χ0n) is 10.6. The fourth-order valence-corrected chi connectivity index (χ4v) is 5.15. The Hall–Kier alpha value is -0.590. The van der Waals surface area contributed by atoms with Gasteiger partial charge in [0.25, 0.3) is 0 Å². The van der Waals surface area contributed by atoms with Crippen molar-refractivity contribution in [3.8, 4) is 0 Å². The number of hydrogen-bond acceptors (Lipinski definition) is 1. The average molecular weight is 218 g/mol. The monoisotopic (exact) mass is 218 g/mol. The molecule has 0 radical (unpaired) electrons. The molecule has 3 unspecified atom stereocenters. The van der Waals surface area contributed by atoms with Crippen LogP contribution in [0.2, 0.25) is 0 Å². The van der Waals surface area contributed by atoms with Gasteiger partial charge in [-0.3, -0.25) is 4.79 Å². The molecule has 4 aliphatic rings. The zero-order chi connectivity index (χ0) is 11.6. The minimum Gasteiger partial charge on any atom is -0.298 e. The average Bonchev–Trinajstić information content (AvgIpc) is 2.62. The Bertz CT molecular complexity index is 356. The lowest BCUT2D eigenvalue weighted by molar-refractivity contribution is -0.104. The third-order valence-corrected chi connectivity index (χ3v) is 6.44. The molecule has 4 aliphatic carbocycles. The van der Waals surface area contributed by atoms with E-state index in [4.69, 9.17) is 0 Å². The highest BCUT2D eigenvalue weighted by atomic mass is 16.1. The number of carbonyl (C=O) groups excluding carboxylic acids is 1. The summed E-state index contributed by atoms with van der Waals surface area (Å²) in [6, 6.07) is 0. The number of hydrogen-bond donors (Lipinski definition) is 0. The number of rotatable bonds is 4. The van der Waals surface area contributed by atoms with Crippen LogP contribution in [0.5, 0.6) is 0 Å². The van der Waals surface area contributed by atoms with Crippen LogP contribution in [0.25, 0.3) is 0 Å². The minimum absolute atomic E-state index is 0.571. The van der Waals surface area contributed by atoms with Crippen LogP contribution in [0.3, 0.4) is 0 Å². The Morgan fingerprint density at radius 3 is 2.38 bits per heavy atom. The first-order valence-electron chi connectivity index (χ1n) is 6.66. The second kappa shape index (κ2) is 3.00. The van der Waals surface area contributed by atoms with Gasteiger partial charge in [0, 0.05) is 0 Å². The lowest BCUT2D eigenvalue weighted by Crippen LogP contribution is -2.26. The van der Waals surface area contributed by atoms with Crippen molar-refractivity contribution in [1.29, 1.82) is 0 Å². The van der Waals surface area contributed by atoms with Gasteiger partial charge in [-0.15, -0.1) is 0 Å². The van der Waals surface area contributed by atoms with Crippen molar-refractivity contribution >= 4 is 6.29 Å². The van der Waals surface area contributed by atoms with Gasteiger partial charge < -0.3 is 0 Å². The first-order valence-corrected chi connectivity index (χ1v) is 6.66. The number of allylic oxidation sites excluding steroid dienone is 2. The second-order valence-corrected chi connectivity index (χ2v) is 6.69. The molecule has 0 N–H and O–H groups in total. The van der Waals surface area contributed by atoms with Crippen molar-refractivity contribution in [3.05, 3.63) is 11.6 Å². The van der Waals surface area contributed by atoms with Gasteiger partial charge in [0.1, 0.15) is 6.29 Å². The van der Waals surface area contributed by atoms with Gasteiger partial charge in [-0.25, -0.2) is 0 Å². The lowest BCUT2D eigenvalue weighted by Gasteiger charge is -2.34. The Morgan fingerprint density at radius 1 is 1.31 bits per heavy atom. The molecular weight excluding hydrogens is 196 g/mol. The zero-order valence-corrected chi connectivity index (χ0v) is 10.6. The van der Waals surface area contributed by atoms with Crippen LogP contribution in [0, 0.1) is 28.6 Å². The molecule has 0 amide bonds. The normalized spacial score (nSPS) is 53.2. The summed E-state index contributed by atoms with van der Waals surface area (Å²) in [6.45, 7) is 6.94. The predicted molar refractivity (Wildman–Crippen MR) is 65.0 cm³/mol. The molecule has 16 heavy (non-hydrogen) atoms. The van der Waals surface area contributed by atoms with Crippen LogP contribution in [0.4, 0.5) is 0 Å². The quantitative estimate of drug-likeness (QED) is 0.520. The van der Waals surface area contributed by atoms with Gasteiger partial charge >= 0.3 is 0 Å². The summed E-state index contributed by atoms with van der Waals surface area (Å²) >= 11 is 0. The molecular formula is C15H22O. The van der Waals surface area contributed by atoms with Crippen LogP contribution in [0.15, 0.2) is 11.6 Å². The van der Waals surface area contributed by atoms with E-state index in [1.165, 1.54) is 19.3 Å². The van der Waals surface area contributed by atoms with Crippen molar-refractivity contribution < 1.29 is 4.79 Å². The van der Waals surface area contributed by atoms with Gasteiger partial charge in [-0.2, -0.15) is 0 Å². The summed E-state index contributed by atoms with van der Waals surface area (Å²) in [5, 5.41) is 0. The second-order valence-electron chi connectivity index (χ2n) is 6.69. The lowest BCUT2D eigenvalue weighted by atomic mass is 9.71. The van der Waals surface area contributed by atoms with Crippen LogP contribution >= 0.6 is 0 Å². The molecule has 4 fully saturated rings. The van der Waals surface area contributed by atoms with Crippen molar-refractivity contribution in [2.45, 2.75) is 46.5 Å². The molecule has 3 atom stereocenters. The van der Waals surface area contributed by atoms with Crippen LogP contribution in [0.1, 0.15) is 46.5 Å². The first-order chi connectivity index (χ1) is 7.54. The molecule has 4 bridgehead atoms. The van der Waals surface area contributed by atoms with Gasteiger partial charge in [0.05, 0.1) is 0 Å². The van der Waals surface area contributed by atoms with Crippen molar-refractivity contribution in [1.82, 2.24) is 0 Å². The molecule has 0 aromatic carbocycles. The summed E-state index contributed by atoms with van der Waals surface area (Å²) in [5.74, 6) is 3.09. The van der Waals surface area contributed by atoms with E-state index in [-0.39, 0.29) is 0 Å². The smallest absolute Gasteiger partial charge is 0.145 e. The number of aldehydes is 1. The van der Waals surface area contributed by atoms with E-state index in [0.717, 1.165) is 36.0 Å². The van der Waals surface area contributed by atoms with Crippen molar-refractivity contribution in [2.75, 3.05) is 0 Å². The fraction of sp³-hybridized carbons (Fsp3) is 0.800. The highest BCUT2D eigenvalue weighted by molar-refractivity contribution is 5.71. The number of carbonyl (C=O) groups is 1. The Kier molecular flexibility index (Phi) is 1.98. The fourth-order valence-electron chi connectivity index (χ4n) is 5.15. The molecule has 1 heteroatoms. The van der Waals surface area contributed by atoms with Gasteiger partial charge in [-0.05, 0) is 66.8 Å². The molecule has 88 valence electrons. The maximum absolute atomic E-state index is 10.6.